The average Bonchev–Trinajstić information content (AvgIpc) is 1.96. The van der Waals surface area contributed by atoms with Crippen LogP contribution >= 0.6 is 0 Å². The van der Waals surface area contributed by atoms with Crippen LogP contribution in [0.1, 0.15) is 27.2 Å². The van der Waals surface area contributed by atoms with Gasteiger partial charge in [-0.3, -0.25) is 4.79 Å². The Labute approximate surface area is 73.3 Å². The molecule has 0 amide bonds. The van der Waals surface area contributed by atoms with Gasteiger partial charge in [-0.25, -0.2) is 0 Å². The van der Waals surface area contributed by atoms with E-state index in [1.165, 1.54) is 0 Å². The van der Waals surface area contributed by atoms with Crippen molar-refractivity contribution in [1.82, 2.24) is 0 Å². The predicted molar refractivity (Wildman–Crippen MR) is 47.7 cm³/mol. The van der Waals surface area contributed by atoms with E-state index in [-0.39, 0.29) is 17.6 Å². The molecule has 0 saturated carbocycles. The number of hydrogen-bond acceptors (Lipinski definition) is 2. The molecule has 1 N–H and O–H groups in total. The normalized spacial score (nSPS) is 30.8. The second-order valence-corrected chi connectivity index (χ2v) is 3.87. The first-order valence-electron chi connectivity index (χ1n) is 4.45. The van der Waals surface area contributed by atoms with Gasteiger partial charge in [0.2, 0.25) is 0 Å². The Bertz CT molecular complexity index is 216. The zero-order valence-corrected chi connectivity index (χ0v) is 7.87. The average molecular weight is 168 g/mol. The summed E-state index contributed by atoms with van der Waals surface area (Å²) in [5.74, 6) is 0.516. The van der Waals surface area contributed by atoms with Crippen LogP contribution in [-0.2, 0) is 4.79 Å². The predicted octanol–water partition coefficient (Wildman–Crippen LogP) is 1.54. The van der Waals surface area contributed by atoms with Crippen molar-refractivity contribution < 1.29 is 9.90 Å². The monoisotopic (exact) mass is 168 g/mol. The quantitative estimate of drug-likeness (QED) is 0.644. The van der Waals surface area contributed by atoms with Gasteiger partial charge in [-0.2, -0.15) is 0 Å². The Morgan fingerprint density at radius 1 is 1.58 bits per heavy atom. The van der Waals surface area contributed by atoms with Crippen molar-refractivity contribution in [3.63, 3.8) is 0 Å². The number of Topliss-reactive ketones (excluding diaryl/α,β-unsaturated/α-hetero) is 1. The lowest BCUT2D eigenvalue weighted by Gasteiger charge is -2.24. The highest BCUT2D eigenvalue weighted by molar-refractivity contribution is 5.96. The van der Waals surface area contributed by atoms with Gasteiger partial charge in [-0.15, -0.1) is 0 Å². The SMILES string of the molecule is CC(C)C1=CC(O)C(C)CC1=O. The van der Waals surface area contributed by atoms with Gasteiger partial charge < -0.3 is 5.11 Å². The molecule has 0 aromatic heterocycles. The van der Waals surface area contributed by atoms with Gasteiger partial charge in [0.1, 0.15) is 0 Å². The van der Waals surface area contributed by atoms with E-state index in [4.69, 9.17) is 0 Å². The summed E-state index contributed by atoms with van der Waals surface area (Å²) in [5.41, 5.74) is 0.792. The lowest BCUT2D eigenvalue weighted by atomic mass is 9.83. The molecule has 68 valence electrons. The zero-order chi connectivity index (χ0) is 9.30. The maximum absolute atomic E-state index is 11.4. The van der Waals surface area contributed by atoms with Crippen molar-refractivity contribution in [2.24, 2.45) is 11.8 Å². The Hall–Kier alpha value is -0.630. The minimum atomic E-state index is -0.430. The number of carbonyl (C=O) groups excluding carboxylic acids is 1. The number of allylic oxidation sites excluding steroid dienone is 1. The Kier molecular flexibility index (Phi) is 2.68. The second kappa shape index (κ2) is 3.40. The molecule has 0 bridgehead atoms. The summed E-state index contributed by atoms with van der Waals surface area (Å²) in [6.45, 7) is 5.86. The van der Waals surface area contributed by atoms with Gasteiger partial charge >= 0.3 is 0 Å². The van der Waals surface area contributed by atoms with Crippen LogP contribution in [0.2, 0.25) is 0 Å². The lowest BCUT2D eigenvalue weighted by molar-refractivity contribution is -0.118. The summed E-state index contributed by atoms with van der Waals surface area (Å²) in [7, 11) is 0. The van der Waals surface area contributed by atoms with Crippen molar-refractivity contribution in [2.75, 3.05) is 0 Å². The van der Waals surface area contributed by atoms with Crippen LogP contribution in [-0.4, -0.2) is 17.0 Å². The molecule has 0 radical (unpaired) electrons. The van der Waals surface area contributed by atoms with Crippen LogP contribution in [0.4, 0.5) is 0 Å². The standard InChI is InChI=1S/C10H16O2/c1-6(2)8-5-9(11)7(3)4-10(8)12/h5-7,9,11H,4H2,1-3H3. The number of carbonyl (C=O) groups is 1. The first-order valence-corrected chi connectivity index (χ1v) is 4.45. The molecular weight excluding hydrogens is 152 g/mol. The van der Waals surface area contributed by atoms with Gasteiger partial charge in [0.25, 0.3) is 0 Å². The minimum absolute atomic E-state index is 0.0833. The molecule has 0 spiro atoms. The maximum Gasteiger partial charge on any atom is 0.159 e. The van der Waals surface area contributed by atoms with Gasteiger partial charge in [-0.05, 0) is 23.5 Å². The summed E-state index contributed by atoms with van der Waals surface area (Å²) in [4.78, 5) is 11.4. The minimum Gasteiger partial charge on any atom is -0.389 e. The topological polar surface area (TPSA) is 37.3 Å². The highest BCUT2D eigenvalue weighted by atomic mass is 16.3. The van der Waals surface area contributed by atoms with Crippen LogP contribution in [0.3, 0.4) is 0 Å². The van der Waals surface area contributed by atoms with Gasteiger partial charge in [0.15, 0.2) is 5.78 Å². The fraction of sp³-hybridized carbons (Fsp3) is 0.700. The molecular formula is C10H16O2. The van der Waals surface area contributed by atoms with Crippen molar-refractivity contribution in [3.8, 4) is 0 Å². The number of hydrogen-bond donors (Lipinski definition) is 1. The highest BCUT2D eigenvalue weighted by Crippen LogP contribution is 2.24. The Morgan fingerprint density at radius 3 is 2.67 bits per heavy atom. The van der Waals surface area contributed by atoms with Gasteiger partial charge in [0.05, 0.1) is 6.10 Å². The molecule has 0 saturated heterocycles. The van der Waals surface area contributed by atoms with E-state index >= 15 is 0 Å². The lowest BCUT2D eigenvalue weighted by Crippen LogP contribution is -2.27. The largest absolute Gasteiger partial charge is 0.389 e. The van der Waals surface area contributed by atoms with Crippen LogP contribution < -0.4 is 0 Å². The molecule has 0 aromatic carbocycles. The van der Waals surface area contributed by atoms with Crippen molar-refractivity contribution in [3.05, 3.63) is 11.6 Å². The molecule has 0 fully saturated rings. The summed E-state index contributed by atoms with van der Waals surface area (Å²) in [6, 6.07) is 0. The molecule has 1 rings (SSSR count). The van der Waals surface area contributed by atoms with E-state index in [1.54, 1.807) is 6.08 Å². The molecule has 12 heavy (non-hydrogen) atoms. The van der Waals surface area contributed by atoms with E-state index in [1.807, 2.05) is 20.8 Å². The zero-order valence-electron chi connectivity index (χ0n) is 7.87. The van der Waals surface area contributed by atoms with E-state index in [9.17, 15) is 9.90 Å². The third-order valence-electron chi connectivity index (χ3n) is 2.38. The molecule has 1 aliphatic carbocycles. The molecule has 2 atom stereocenters. The van der Waals surface area contributed by atoms with Gasteiger partial charge in [0, 0.05) is 6.42 Å². The highest BCUT2D eigenvalue weighted by Gasteiger charge is 2.26. The van der Waals surface area contributed by atoms with Crippen molar-refractivity contribution in [1.29, 1.82) is 0 Å². The molecule has 2 nitrogen and oxygen atoms in total. The van der Waals surface area contributed by atoms with E-state index in [2.05, 4.69) is 0 Å². The number of aliphatic hydroxyl groups excluding tert-OH is 1. The third-order valence-corrected chi connectivity index (χ3v) is 2.38. The van der Waals surface area contributed by atoms with Crippen LogP contribution in [0.25, 0.3) is 0 Å². The number of rotatable bonds is 1. The van der Waals surface area contributed by atoms with Crippen molar-refractivity contribution >= 4 is 5.78 Å². The number of aliphatic hydroxyl groups is 1. The molecule has 1 aliphatic rings. The van der Waals surface area contributed by atoms with E-state index in [0.717, 1.165) is 5.57 Å². The van der Waals surface area contributed by atoms with Crippen LogP contribution in [0, 0.1) is 11.8 Å². The number of ketones is 1. The van der Waals surface area contributed by atoms with Crippen molar-refractivity contribution in [2.45, 2.75) is 33.3 Å². The van der Waals surface area contributed by atoms with Crippen LogP contribution in [0.5, 0.6) is 0 Å². The summed E-state index contributed by atoms with van der Waals surface area (Å²) < 4.78 is 0. The van der Waals surface area contributed by atoms with Gasteiger partial charge in [-0.1, -0.05) is 20.8 Å². The summed E-state index contributed by atoms with van der Waals surface area (Å²) in [6.07, 6.45) is 1.77. The van der Waals surface area contributed by atoms with E-state index < -0.39 is 6.10 Å². The Balaban J connectivity index is 2.86. The second-order valence-electron chi connectivity index (χ2n) is 3.87. The first-order chi connectivity index (χ1) is 5.52. The van der Waals surface area contributed by atoms with Crippen LogP contribution in [0.15, 0.2) is 11.6 Å². The van der Waals surface area contributed by atoms with E-state index in [0.29, 0.717) is 6.42 Å². The Morgan fingerprint density at radius 2 is 2.17 bits per heavy atom. The summed E-state index contributed by atoms with van der Waals surface area (Å²) >= 11 is 0. The third kappa shape index (κ3) is 1.75. The molecule has 0 aromatic rings. The molecule has 2 unspecified atom stereocenters. The molecule has 2 heteroatoms. The first kappa shape index (κ1) is 9.46. The molecule has 0 aliphatic heterocycles. The smallest absolute Gasteiger partial charge is 0.159 e. The fourth-order valence-corrected chi connectivity index (χ4v) is 1.49. The maximum atomic E-state index is 11.4. The molecule has 0 heterocycles. The summed E-state index contributed by atoms with van der Waals surface area (Å²) in [5, 5.41) is 9.49. The fourth-order valence-electron chi connectivity index (χ4n) is 1.49.